The van der Waals surface area contributed by atoms with E-state index in [0.717, 1.165) is 10.9 Å². The van der Waals surface area contributed by atoms with Crippen molar-refractivity contribution in [1.29, 1.82) is 0 Å². The number of hydrogen-bond donors (Lipinski definition) is 1. The van der Waals surface area contributed by atoms with Gasteiger partial charge in [0.2, 0.25) is 0 Å². The van der Waals surface area contributed by atoms with Gasteiger partial charge in [0.1, 0.15) is 0 Å². The molecule has 0 radical (unpaired) electrons. The highest BCUT2D eigenvalue weighted by molar-refractivity contribution is 9.10. The third-order valence-corrected chi connectivity index (χ3v) is 2.27. The molecule has 0 heterocycles. The van der Waals surface area contributed by atoms with E-state index in [0.29, 0.717) is 0 Å². The molecule has 0 aromatic heterocycles. The maximum atomic E-state index is 5.83. The van der Waals surface area contributed by atoms with Gasteiger partial charge >= 0.3 is 0 Å². The van der Waals surface area contributed by atoms with Crippen LogP contribution < -0.4 is 5.73 Å². The molecule has 0 saturated heterocycles. The third-order valence-electron chi connectivity index (χ3n) is 1.74. The van der Waals surface area contributed by atoms with E-state index in [9.17, 15) is 0 Å². The van der Waals surface area contributed by atoms with E-state index >= 15 is 0 Å². The second kappa shape index (κ2) is 3.88. The van der Waals surface area contributed by atoms with E-state index in [4.69, 9.17) is 5.73 Å². The number of halogens is 1. The van der Waals surface area contributed by atoms with Crippen LogP contribution in [0.4, 0.5) is 0 Å². The molecule has 2 heteroatoms. The van der Waals surface area contributed by atoms with E-state index in [1.807, 2.05) is 12.1 Å². The fourth-order valence-corrected chi connectivity index (χ4v) is 1.21. The van der Waals surface area contributed by atoms with Gasteiger partial charge in [-0.15, -0.1) is 0 Å². The average Bonchev–Trinajstić information content (AvgIpc) is 2.05. The van der Waals surface area contributed by atoms with Gasteiger partial charge in [-0.25, -0.2) is 0 Å². The van der Waals surface area contributed by atoms with E-state index in [2.05, 4.69) is 35.0 Å². The average molecular weight is 214 g/mol. The van der Waals surface area contributed by atoms with Gasteiger partial charge in [0.15, 0.2) is 0 Å². The molecule has 0 amide bonds. The van der Waals surface area contributed by atoms with Gasteiger partial charge in [0.05, 0.1) is 0 Å². The minimum absolute atomic E-state index is 0.183. The van der Waals surface area contributed by atoms with Crippen LogP contribution in [0.5, 0.6) is 0 Å². The number of benzene rings is 1. The molecule has 0 aliphatic heterocycles. The minimum atomic E-state index is 0.183. The Hall–Kier alpha value is -0.340. The summed E-state index contributed by atoms with van der Waals surface area (Å²) in [5.41, 5.74) is 7.03. The predicted molar refractivity (Wildman–Crippen MR) is 51.4 cm³/mol. The molecule has 1 rings (SSSR count). The van der Waals surface area contributed by atoms with Gasteiger partial charge in [0, 0.05) is 10.5 Å². The lowest BCUT2D eigenvalue weighted by Crippen LogP contribution is -2.07. The van der Waals surface area contributed by atoms with Crippen LogP contribution >= 0.6 is 15.9 Å². The highest BCUT2D eigenvalue weighted by atomic mass is 79.9. The van der Waals surface area contributed by atoms with Gasteiger partial charge in [-0.1, -0.05) is 35.0 Å². The van der Waals surface area contributed by atoms with Crippen LogP contribution in [0, 0.1) is 0 Å². The van der Waals surface area contributed by atoms with Crippen LogP contribution in [0.15, 0.2) is 28.7 Å². The first-order valence-corrected chi connectivity index (χ1v) is 4.54. The lowest BCUT2D eigenvalue weighted by atomic mass is 10.1. The van der Waals surface area contributed by atoms with Gasteiger partial charge in [-0.3, -0.25) is 0 Å². The maximum Gasteiger partial charge on any atom is 0.0292 e. The lowest BCUT2D eigenvalue weighted by molar-refractivity contribution is 0.698. The van der Waals surface area contributed by atoms with E-state index in [1.54, 1.807) is 0 Å². The van der Waals surface area contributed by atoms with Gasteiger partial charge in [-0.2, -0.15) is 0 Å². The molecule has 1 aromatic rings. The van der Waals surface area contributed by atoms with Crippen LogP contribution in [0.1, 0.15) is 24.9 Å². The molecular weight excluding hydrogens is 202 g/mol. The Morgan fingerprint density at radius 3 is 2.36 bits per heavy atom. The van der Waals surface area contributed by atoms with Gasteiger partial charge in [0.25, 0.3) is 0 Å². The molecular formula is C9H12BrN. The molecule has 0 spiro atoms. The molecule has 1 nitrogen and oxygen atoms in total. The molecule has 0 aliphatic rings. The van der Waals surface area contributed by atoms with Crippen LogP contribution in [0.2, 0.25) is 0 Å². The van der Waals surface area contributed by atoms with Crippen molar-refractivity contribution in [1.82, 2.24) is 0 Å². The zero-order chi connectivity index (χ0) is 8.27. The first-order valence-electron chi connectivity index (χ1n) is 3.75. The number of hydrogen-bond acceptors (Lipinski definition) is 1. The predicted octanol–water partition coefficient (Wildman–Crippen LogP) is 2.86. The van der Waals surface area contributed by atoms with Crippen LogP contribution in [0.3, 0.4) is 0 Å². The standard InChI is InChI=1S/C9H12BrN/c1-2-9(11)7-3-5-8(10)6-4-7/h3-6,9H,2,11H2,1H3/t9-/m1/s1. The Morgan fingerprint density at radius 2 is 1.91 bits per heavy atom. The highest BCUT2D eigenvalue weighted by Gasteiger charge is 2.00. The van der Waals surface area contributed by atoms with Crippen molar-refractivity contribution in [3.8, 4) is 0 Å². The summed E-state index contributed by atoms with van der Waals surface area (Å²) in [6, 6.07) is 8.33. The second-order valence-electron chi connectivity index (χ2n) is 2.57. The molecule has 1 aromatic carbocycles. The number of nitrogens with two attached hydrogens (primary N) is 1. The van der Waals surface area contributed by atoms with Gasteiger partial charge in [-0.05, 0) is 24.1 Å². The van der Waals surface area contributed by atoms with Crippen LogP contribution in [-0.4, -0.2) is 0 Å². The molecule has 0 aliphatic carbocycles. The number of rotatable bonds is 2. The lowest BCUT2D eigenvalue weighted by Gasteiger charge is -2.07. The molecule has 1 atom stereocenters. The summed E-state index contributed by atoms with van der Waals surface area (Å²) in [7, 11) is 0. The van der Waals surface area contributed by atoms with Crippen molar-refractivity contribution in [2.45, 2.75) is 19.4 Å². The zero-order valence-electron chi connectivity index (χ0n) is 6.55. The van der Waals surface area contributed by atoms with Gasteiger partial charge < -0.3 is 5.73 Å². The first kappa shape index (κ1) is 8.75. The minimum Gasteiger partial charge on any atom is -0.324 e. The summed E-state index contributed by atoms with van der Waals surface area (Å²) in [4.78, 5) is 0. The summed E-state index contributed by atoms with van der Waals surface area (Å²) in [6.45, 7) is 2.09. The molecule has 0 saturated carbocycles. The van der Waals surface area contributed by atoms with Crippen molar-refractivity contribution in [2.75, 3.05) is 0 Å². The fourth-order valence-electron chi connectivity index (χ4n) is 0.946. The summed E-state index contributed by atoms with van der Waals surface area (Å²) < 4.78 is 1.10. The normalized spacial score (nSPS) is 13.0. The first-order chi connectivity index (χ1) is 5.24. The Labute approximate surface area is 75.7 Å². The summed E-state index contributed by atoms with van der Waals surface area (Å²) in [5.74, 6) is 0. The van der Waals surface area contributed by atoms with Crippen molar-refractivity contribution in [3.63, 3.8) is 0 Å². The van der Waals surface area contributed by atoms with Crippen LogP contribution in [-0.2, 0) is 0 Å². The topological polar surface area (TPSA) is 26.0 Å². The Morgan fingerprint density at radius 1 is 1.36 bits per heavy atom. The zero-order valence-corrected chi connectivity index (χ0v) is 8.14. The van der Waals surface area contributed by atoms with Crippen molar-refractivity contribution < 1.29 is 0 Å². The van der Waals surface area contributed by atoms with Crippen LogP contribution in [0.25, 0.3) is 0 Å². The molecule has 0 fully saturated rings. The summed E-state index contributed by atoms with van der Waals surface area (Å²) >= 11 is 3.38. The quantitative estimate of drug-likeness (QED) is 0.804. The fraction of sp³-hybridized carbons (Fsp3) is 0.333. The smallest absolute Gasteiger partial charge is 0.0292 e. The van der Waals surface area contributed by atoms with E-state index < -0.39 is 0 Å². The molecule has 0 bridgehead atoms. The molecule has 2 N–H and O–H groups in total. The monoisotopic (exact) mass is 213 g/mol. The molecule has 11 heavy (non-hydrogen) atoms. The van der Waals surface area contributed by atoms with Crippen molar-refractivity contribution in [2.24, 2.45) is 5.73 Å². The van der Waals surface area contributed by atoms with E-state index in [-0.39, 0.29) is 6.04 Å². The van der Waals surface area contributed by atoms with Crippen molar-refractivity contribution >= 4 is 15.9 Å². The Kier molecular flexibility index (Phi) is 3.09. The summed E-state index contributed by atoms with van der Waals surface area (Å²) in [5, 5.41) is 0. The third kappa shape index (κ3) is 2.31. The largest absolute Gasteiger partial charge is 0.324 e. The Balaban J connectivity index is 2.81. The van der Waals surface area contributed by atoms with Crippen molar-refractivity contribution in [3.05, 3.63) is 34.3 Å². The highest BCUT2D eigenvalue weighted by Crippen LogP contribution is 2.16. The molecule has 60 valence electrons. The summed E-state index contributed by atoms with van der Waals surface area (Å²) in [6.07, 6.45) is 0.988. The second-order valence-corrected chi connectivity index (χ2v) is 3.48. The maximum absolute atomic E-state index is 5.83. The Bertz CT molecular complexity index is 218. The molecule has 0 unspecified atom stereocenters. The van der Waals surface area contributed by atoms with E-state index in [1.165, 1.54) is 5.56 Å². The SMILES string of the molecule is CC[C@@H](N)c1ccc(Br)cc1.